The van der Waals surface area contributed by atoms with E-state index in [-0.39, 0.29) is 48.4 Å². The molecule has 0 bridgehead atoms. The van der Waals surface area contributed by atoms with E-state index in [4.69, 9.17) is 0 Å². The van der Waals surface area contributed by atoms with Crippen LogP contribution in [0.1, 0.15) is 42.1 Å². The summed E-state index contributed by atoms with van der Waals surface area (Å²) in [5.74, 6) is -0.289. The number of nitrogens with zero attached hydrogens (tertiary/aromatic N) is 7. The first-order valence-electron chi connectivity index (χ1n) is 14.9. The maximum Gasteiger partial charge on any atom is 0.264 e. The quantitative estimate of drug-likeness (QED) is 0.298. The van der Waals surface area contributed by atoms with E-state index in [2.05, 4.69) is 15.2 Å². The molecule has 0 radical (unpaired) electrons. The number of likely N-dealkylation sites (tertiary alicyclic amines) is 1. The fourth-order valence-electron chi connectivity index (χ4n) is 6.08. The fourth-order valence-corrected chi connectivity index (χ4v) is 7.17. The van der Waals surface area contributed by atoms with Crippen LogP contribution >= 0.6 is 0 Å². The molecule has 1 amide bonds. The maximum atomic E-state index is 13.4. The first-order chi connectivity index (χ1) is 22.2. The highest BCUT2D eigenvalue weighted by molar-refractivity contribution is 8.00. The van der Waals surface area contributed by atoms with Crippen molar-refractivity contribution in [1.82, 2.24) is 34.0 Å². The van der Waals surface area contributed by atoms with Crippen molar-refractivity contribution < 1.29 is 23.3 Å². The van der Waals surface area contributed by atoms with Crippen LogP contribution in [0.15, 0.2) is 78.2 Å². The van der Waals surface area contributed by atoms with E-state index in [1.165, 1.54) is 41.4 Å². The summed E-state index contributed by atoms with van der Waals surface area (Å²) < 4.78 is 29.7. The Hall–Kier alpha value is -4.82. The van der Waals surface area contributed by atoms with Gasteiger partial charge >= 0.3 is 0 Å². The molecule has 5 aromatic rings. The van der Waals surface area contributed by atoms with Gasteiger partial charge in [-0.25, -0.2) is 14.1 Å². The highest BCUT2D eigenvalue weighted by Gasteiger charge is 2.35. The van der Waals surface area contributed by atoms with Crippen LogP contribution in [0.2, 0.25) is 0 Å². The molecule has 0 aliphatic carbocycles. The predicted molar refractivity (Wildman–Crippen MR) is 167 cm³/mol. The number of hydrogen-bond donors (Lipinski definition) is 1. The van der Waals surface area contributed by atoms with E-state index in [0.29, 0.717) is 47.5 Å². The van der Waals surface area contributed by atoms with Gasteiger partial charge in [0.15, 0.2) is 5.65 Å². The van der Waals surface area contributed by atoms with Gasteiger partial charge in [0.1, 0.15) is 17.5 Å². The average Bonchev–Trinajstić information content (AvgIpc) is 3.73. The molecule has 0 saturated carbocycles. The van der Waals surface area contributed by atoms with E-state index < -0.39 is 22.2 Å². The van der Waals surface area contributed by atoms with Crippen molar-refractivity contribution in [3.05, 3.63) is 95.2 Å². The molecule has 1 N–H and O–H groups in total. The van der Waals surface area contributed by atoms with Crippen LogP contribution in [-0.4, -0.2) is 78.8 Å². The largest absolute Gasteiger partial charge is 0.388 e. The SMILES string of the molecule is O=C(c1ccc(F)cc1)N1CCC(O)(Cn2cnc3c(cnn3-c3ccc(-c4cnn(C5CCS(=O)C(=O)C5)c4)cc3)c2=O)CC1. The van der Waals surface area contributed by atoms with E-state index >= 15 is 0 Å². The summed E-state index contributed by atoms with van der Waals surface area (Å²) in [4.78, 5) is 44.2. The van der Waals surface area contributed by atoms with Gasteiger partial charge in [0.25, 0.3) is 11.5 Å². The fraction of sp³-hybridized carbons (Fsp3) is 0.312. The third-order valence-electron chi connectivity index (χ3n) is 8.81. The molecule has 2 aliphatic rings. The number of halogens is 1. The average molecular weight is 644 g/mol. The van der Waals surface area contributed by atoms with Gasteiger partial charge < -0.3 is 10.0 Å². The molecule has 7 rings (SSSR count). The molecule has 46 heavy (non-hydrogen) atoms. The van der Waals surface area contributed by atoms with Crippen LogP contribution in [0.25, 0.3) is 27.8 Å². The van der Waals surface area contributed by atoms with Crippen LogP contribution in [0.4, 0.5) is 4.39 Å². The molecule has 2 fully saturated rings. The Labute approximate surface area is 264 Å². The molecule has 3 aromatic heterocycles. The summed E-state index contributed by atoms with van der Waals surface area (Å²) in [6.07, 6.45) is 7.89. The number of rotatable bonds is 6. The molecule has 236 valence electrons. The number of fused-ring (bicyclic) bond motifs is 1. The third-order valence-corrected chi connectivity index (χ3v) is 10.1. The van der Waals surface area contributed by atoms with Gasteiger partial charge in [0.2, 0.25) is 5.12 Å². The molecule has 2 unspecified atom stereocenters. The minimum Gasteiger partial charge on any atom is -0.388 e. The van der Waals surface area contributed by atoms with Crippen LogP contribution in [0.5, 0.6) is 0 Å². The van der Waals surface area contributed by atoms with Crippen LogP contribution in [0, 0.1) is 5.82 Å². The Balaban J connectivity index is 1.03. The summed E-state index contributed by atoms with van der Waals surface area (Å²) in [5, 5.41) is 20.2. The van der Waals surface area contributed by atoms with Crippen molar-refractivity contribution in [2.24, 2.45) is 0 Å². The second kappa shape index (κ2) is 11.8. The first kappa shape index (κ1) is 29.9. The second-order valence-electron chi connectivity index (χ2n) is 11.8. The standard InChI is InChI=1S/C32H30FN7O5S/c33-24-5-1-22(2-6-24)30(42)37-12-10-32(44,11-13-37)19-38-20-34-29-27(31(38)43)17-36-40(29)25-7-3-21(4-8-25)23-16-35-39(18-23)26-9-14-46(45)28(41)15-26/h1-8,16-18,20,26,44H,9-15,19H2. The zero-order chi connectivity index (χ0) is 32.0. The predicted octanol–water partition coefficient (Wildman–Crippen LogP) is 2.86. The third kappa shape index (κ3) is 5.69. The van der Waals surface area contributed by atoms with Crippen molar-refractivity contribution >= 4 is 32.9 Å². The topological polar surface area (TPSA) is 145 Å². The molecule has 2 aromatic carbocycles. The van der Waals surface area contributed by atoms with Crippen LogP contribution in [-0.2, 0) is 22.1 Å². The summed E-state index contributed by atoms with van der Waals surface area (Å²) in [6.45, 7) is 0.621. The van der Waals surface area contributed by atoms with Crippen molar-refractivity contribution in [1.29, 1.82) is 0 Å². The molecule has 14 heteroatoms. The normalized spacial score (nSPS) is 19.9. The molecule has 12 nitrogen and oxygen atoms in total. The molecular formula is C32H30FN7O5S. The summed E-state index contributed by atoms with van der Waals surface area (Å²) in [5.41, 5.74) is 1.72. The van der Waals surface area contributed by atoms with Gasteiger partial charge in [-0.2, -0.15) is 10.2 Å². The van der Waals surface area contributed by atoms with E-state index in [0.717, 1.165) is 11.1 Å². The van der Waals surface area contributed by atoms with Crippen LogP contribution < -0.4 is 5.56 Å². The zero-order valence-electron chi connectivity index (χ0n) is 24.7. The minimum atomic E-state index is -1.40. The van der Waals surface area contributed by atoms with Gasteiger partial charge in [0, 0.05) is 42.6 Å². The molecular weight excluding hydrogens is 613 g/mol. The van der Waals surface area contributed by atoms with E-state index in [9.17, 15) is 28.1 Å². The molecule has 2 saturated heterocycles. The number of carbonyl (C=O) groups excluding carboxylic acids is 2. The molecule has 5 heterocycles. The molecule has 2 atom stereocenters. The lowest BCUT2D eigenvalue weighted by atomic mass is 9.91. The lowest BCUT2D eigenvalue weighted by Crippen LogP contribution is -2.49. The number of carbonyl (C=O) groups is 2. The Kier molecular flexibility index (Phi) is 7.69. The van der Waals surface area contributed by atoms with Crippen LogP contribution in [0.3, 0.4) is 0 Å². The monoisotopic (exact) mass is 643 g/mol. The van der Waals surface area contributed by atoms with Crippen molar-refractivity contribution in [2.45, 2.75) is 43.9 Å². The minimum absolute atomic E-state index is 0.0216. The Bertz CT molecular complexity index is 2030. The van der Waals surface area contributed by atoms with Gasteiger partial charge in [0.05, 0.1) is 47.1 Å². The smallest absolute Gasteiger partial charge is 0.264 e. The number of hydrogen-bond acceptors (Lipinski definition) is 8. The van der Waals surface area contributed by atoms with E-state index in [1.54, 1.807) is 20.5 Å². The van der Waals surface area contributed by atoms with Crippen molar-refractivity contribution in [3.8, 4) is 16.8 Å². The highest BCUT2D eigenvalue weighted by Crippen LogP contribution is 2.28. The van der Waals surface area contributed by atoms with Gasteiger partial charge in [-0.15, -0.1) is 0 Å². The zero-order valence-corrected chi connectivity index (χ0v) is 25.5. The van der Waals surface area contributed by atoms with E-state index in [1.807, 2.05) is 30.5 Å². The van der Waals surface area contributed by atoms with Gasteiger partial charge in [-0.1, -0.05) is 12.1 Å². The highest BCUT2D eigenvalue weighted by atomic mass is 32.2. The second-order valence-corrected chi connectivity index (χ2v) is 13.4. The van der Waals surface area contributed by atoms with Gasteiger partial charge in [-0.05, 0) is 61.2 Å². The van der Waals surface area contributed by atoms with Gasteiger partial charge in [-0.3, -0.25) is 27.8 Å². The Morgan fingerprint density at radius 2 is 1.74 bits per heavy atom. The molecule has 2 aliphatic heterocycles. The van der Waals surface area contributed by atoms with Crippen molar-refractivity contribution in [3.63, 3.8) is 0 Å². The lowest BCUT2D eigenvalue weighted by Gasteiger charge is -2.38. The number of piperidine rings is 1. The summed E-state index contributed by atoms with van der Waals surface area (Å²) in [6, 6.07) is 12.8. The number of aliphatic hydroxyl groups is 1. The van der Waals surface area contributed by atoms with Crippen molar-refractivity contribution in [2.75, 3.05) is 18.8 Å². The first-order valence-corrected chi connectivity index (χ1v) is 16.3. The molecule has 0 spiro atoms. The summed E-state index contributed by atoms with van der Waals surface area (Å²) in [7, 11) is -1.40. The maximum absolute atomic E-state index is 13.4. The summed E-state index contributed by atoms with van der Waals surface area (Å²) >= 11 is 0. The lowest BCUT2D eigenvalue weighted by molar-refractivity contribution is -0.112. The number of aromatic nitrogens is 6. The Morgan fingerprint density at radius 1 is 1.00 bits per heavy atom. The number of benzene rings is 2. The Morgan fingerprint density at radius 3 is 2.46 bits per heavy atom. The number of amides is 1.